The maximum absolute atomic E-state index is 12.6. The first-order valence-electron chi connectivity index (χ1n) is 7.64. The van der Waals surface area contributed by atoms with Crippen molar-refractivity contribution in [3.63, 3.8) is 0 Å². The number of carbonyl (C=O) groups excluding carboxylic acids is 2. The molecule has 2 aliphatic rings. The monoisotopic (exact) mass is 303 g/mol. The molecule has 2 saturated heterocycles. The molecule has 0 spiro atoms. The molecule has 1 N–H and O–H groups in total. The molecule has 6 heteroatoms. The summed E-state index contributed by atoms with van der Waals surface area (Å²) in [5.74, 6) is 0.0140. The van der Waals surface area contributed by atoms with Gasteiger partial charge in [-0.1, -0.05) is 0 Å². The summed E-state index contributed by atoms with van der Waals surface area (Å²) >= 11 is 0. The van der Waals surface area contributed by atoms with Crippen LogP contribution in [0.15, 0.2) is 24.3 Å². The van der Waals surface area contributed by atoms with Crippen LogP contribution in [0.4, 0.5) is 10.5 Å². The highest BCUT2D eigenvalue weighted by Crippen LogP contribution is 2.20. The molecule has 0 aromatic heterocycles. The van der Waals surface area contributed by atoms with Crippen LogP contribution in [-0.2, 0) is 4.74 Å². The maximum atomic E-state index is 12.6. The summed E-state index contributed by atoms with van der Waals surface area (Å²) in [6.45, 7) is 6.45. The SMILES string of the molecule is CC1CN(C(=O)c2ccc(N3CCNC3=O)cc2)C(C)CO1. The Labute approximate surface area is 130 Å². The standard InChI is InChI=1S/C16H21N3O3/c1-11-10-22-12(2)9-19(11)15(20)13-3-5-14(6-4-13)18-8-7-17-16(18)21/h3-6,11-12H,7-10H2,1-2H3,(H,17,21). The number of nitrogens with one attached hydrogen (secondary N) is 1. The zero-order valence-corrected chi connectivity index (χ0v) is 12.9. The molecule has 22 heavy (non-hydrogen) atoms. The van der Waals surface area contributed by atoms with Crippen LogP contribution in [0.1, 0.15) is 24.2 Å². The number of urea groups is 1. The Morgan fingerprint density at radius 2 is 2.00 bits per heavy atom. The number of benzene rings is 1. The van der Waals surface area contributed by atoms with Crippen LogP contribution < -0.4 is 10.2 Å². The number of amides is 3. The number of ether oxygens (including phenoxy) is 1. The topological polar surface area (TPSA) is 61.9 Å². The number of nitrogens with zero attached hydrogens (tertiary/aromatic N) is 2. The molecule has 0 aliphatic carbocycles. The molecule has 2 aliphatic heterocycles. The van der Waals surface area contributed by atoms with Gasteiger partial charge < -0.3 is 15.0 Å². The highest BCUT2D eigenvalue weighted by molar-refractivity contribution is 5.97. The quantitative estimate of drug-likeness (QED) is 0.900. The van der Waals surface area contributed by atoms with E-state index in [2.05, 4.69) is 5.32 Å². The Morgan fingerprint density at radius 3 is 2.64 bits per heavy atom. The average molecular weight is 303 g/mol. The number of rotatable bonds is 2. The predicted octanol–water partition coefficient (Wildman–Crippen LogP) is 1.47. The summed E-state index contributed by atoms with van der Waals surface area (Å²) in [7, 11) is 0. The zero-order valence-electron chi connectivity index (χ0n) is 12.9. The molecule has 2 heterocycles. The first-order chi connectivity index (χ1) is 10.6. The van der Waals surface area contributed by atoms with E-state index in [0.717, 1.165) is 5.69 Å². The lowest BCUT2D eigenvalue weighted by atomic mass is 10.1. The highest BCUT2D eigenvalue weighted by atomic mass is 16.5. The van der Waals surface area contributed by atoms with Crippen LogP contribution >= 0.6 is 0 Å². The van der Waals surface area contributed by atoms with Crippen LogP contribution in [0.25, 0.3) is 0 Å². The summed E-state index contributed by atoms with van der Waals surface area (Å²) in [4.78, 5) is 27.8. The molecule has 3 amide bonds. The van der Waals surface area contributed by atoms with Gasteiger partial charge in [0, 0.05) is 30.9 Å². The van der Waals surface area contributed by atoms with Crippen LogP contribution in [-0.4, -0.2) is 55.2 Å². The van der Waals surface area contributed by atoms with E-state index in [4.69, 9.17) is 4.74 Å². The molecule has 2 atom stereocenters. The molecule has 1 aromatic rings. The Balaban J connectivity index is 1.74. The summed E-state index contributed by atoms with van der Waals surface area (Å²) in [5, 5.41) is 2.77. The fraction of sp³-hybridized carbons (Fsp3) is 0.500. The van der Waals surface area contributed by atoms with Gasteiger partial charge in [-0.25, -0.2) is 4.79 Å². The van der Waals surface area contributed by atoms with E-state index in [9.17, 15) is 9.59 Å². The Hall–Kier alpha value is -2.08. The van der Waals surface area contributed by atoms with Gasteiger partial charge in [0.05, 0.1) is 18.8 Å². The molecule has 3 rings (SSSR count). The van der Waals surface area contributed by atoms with E-state index in [-0.39, 0.29) is 24.1 Å². The van der Waals surface area contributed by atoms with Gasteiger partial charge in [0.2, 0.25) is 0 Å². The first kappa shape index (κ1) is 14.8. The van der Waals surface area contributed by atoms with Gasteiger partial charge in [0.25, 0.3) is 5.91 Å². The second kappa shape index (κ2) is 5.96. The first-order valence-corrected chi connectivity index (χ1v) is 7.64. The minimum absolute atomic E-state index is 0.0140. The van der Waals surface area contributed by atoms with Crippen molar-refractivity contribution in [1.82, 2.24) is 10.2 Å². The van der Waals surface area contributed by atoms with E-state index in [1.807, 2.05) is 30.9 Å². The van der Waals surface area contributed by atoms with Gasteiger partial charge in [-0.2, -0.15) is 0 Å². The Bertz CT molecular complexity index is 573. The van der Waals surface area contributed by atoms with Crippen LogP contribution in [0.5, 0.6) is 0 Å². The van der Waals surface area contributed by atoms with E-state index in [1.54, 1.807) is 17.0 Å². The van der Waals surface area contributed by atoms with Crippen molar-refractivity contribution in [2.45, 2.75) is 26.0 Å². The molecule has 2 fully saturated rings. The largest absolute Gasteiger partial charge is 0.375 e. The maximum Gasteiger partial charge on any atom is 0.321 e. The van der Waals surface area contributed by atoms with Gasteiger partial charge in [-0.15, -0.1) is 0 Å². The fourth-order valence-electron chi connectivity index (χ4n) is 2.85. The lowest BCUT2D eigenvalue weighted by Crippen LogP contribution is -2.50. The number of anilines is 1. The van der Waals surface area contributed by atoms with Gasteiger partial charge in [0.1, 0.15) is 0 Å². The third kappa shape index (κ3) is 2.78. The predicted molar refractivity (Wildman–Crippen MR) is 83.1 cm³/mol. The minimum Gasteiger partial charge on any atom is -0.375 e. The second-order valence-electron chi connectivity index (χ2n) is 5.88. The van der Waals surface area contributed by atoms with Gasteiger partial charge in [-0.3, -0.25) is 9.69 Å². The van der Waals surface area contributed by atoms with Gasteiger partial charge >= 0.3 is 6.03 Å². The third-order valence-corrected chi connectivity index (χ3v) is 4.15. The van der Waals surface area contributed by atoms with Crippen molar-refractivity contribution in [1.29, 1.82) is 0 Å². The van der Waals surface area contributed by atoms with E-state index in [0.29, 0.717) is 31.8 Å². The van der Waals surface area contributed by atoms with Crippen molar-refractivity contribution in [2.24, 2.45) is 0 Å². The number of hydrogen-bond donors (Lipinski definition) is 1. The molecule has 0 saturated carbocycles. The summed E-state index contributed by atoms with van der Waals surface area (Å²) in [6.07, 6.45) is 0.0627. The van der Waals surface area contributed by atoms with Crippen LogP contribution in [0, 0.1) is 0 Å². The van der Waals surface area contributed by atoms with E-state index >= 15 is 0 Å². The van der Waals surface area contributed by atoms with Gasteiger partial charge in [-0.05, 0) is 38.1 Å². The lowest BCUT2D eigenvalue weighted by Gasteiger charge is -2.36. The van der Waals surface area contributed by atoms with Crippen molar-refractivity contribution >= 4 is 17.6 Å². The smallest absolute Gasteiger partial charge is 0.321 e. The zero-order chi connectivity index (χ0) is 15.7. The normalized spacial score (nSPS) is 25.3. The van der Waals surface area contributed by atoms with Crippen molar-refractivity contribution in [3.8, 4) is 0 Å². The molecular formula is C16H21N3O3. The van der Waals surface area contributed by atoms with Crippen molar-refractivity contribution in [2.75, 3.05) is 31.1 Å². The average Bonchev–Trinajstić information content (AvgIpc) is 2.95. The second-order valence-corrected chi connectivity index (χ2v) is 5.88. The van der Waals surface area contributed by atoms with Crippen molar-refractivity contribution < 1.29 is 14.3 Å². The van der Waals surface area contributed by atoms with Gasteiger partial charge in [0.15, 0.2) is 0 Å². The summed E-state index contributed by atoms with van der Waals surface area (Å²) in [5.41, 5.74) is 1.46. The molecule has 6 nitrogen and oxygen atoms in total. The fourth-order valence-corrected chi connectivity index (χ4v) is 2.85. The number of morpholine rings is 1. The molecule has 2 unspecified atom stereocenters. The van der Waals surface area contributed by atoms with E-state index in [1.165, 1.54) is 0 Å². The molecule has 0 bridgehead atoms. The minimum atomic E-state index is -0.0882. The van der Waals surface area contributed by atoms with Crippen LogP contribution in [0.2, 0.25) is 0 Å². The van der Waals surface area contributed by atoms with Crippen LogP contribution in [0.3, 0.4) is 0 Å². The summed E-state index contributed by atoms with van der Waals surface area (Å²) < 4.78 is 5.56. The molecule has 0 radical (unpaired) electrons. The third-order valence-electron chi connectivity index (χ3n) is 4.15. The molecule has 1 aromatic carbocycles. The Morgan fingerprint density at radius 1 is 1.27 bits per heavy atom. The van der Waals surface area contributed by atoms with E-state index < -0.39 is 0 Å². The highest BCUT2D eigenvalue weighted by Gasteiger charge is 2.28. The lowest BCUT2D eigenvalue weighted by molar-refractivity contribution is -0.0387. The molecule has 118 valence electrons. The van der Waals surface area contributed by atoms with Crippen molar-refractivity contribution in [3.05, 3.63) is 29.8 Å². The number of hydrogen-bond acceptors (Lipinski definition) is 3. The number of carbonyl (C=O) groups is 2. The summed E-state index contributed by atoms with van der Waals surface area (Å²) in [6, 6.07) is 7.22. The Kier molecular flexibility index (Phi) is 4.02. The molecular weight excluding hydrogens is 282 g/mol.